The summed E-state index contributed by atoms with van der Waals surface area (Å²) < 4.78 is 5.30. The van der Waals surface area contributed by atoms with Gasteiger partial charge in [-0.25, -0.2) is 4.79 Å². The molecule has 2 atom stereocenters. The summed E-state index contributed by atoms with van der Waals surface area (Å²) in [5, 5.41) is 3.33. The SMILES string of the molecule is CC(C)(C)OC(=O)N1CCC2N[C@@H]2C1. The van der Waals surface area contributed by atoms with Crippen LogP contribution < -0.4 is 5.32 Å². The van der Waals surface area contributed by atoms with Gasteiger partial charge in [-0.3, -0.25) is 0 Å². The fourth-order valence-corrected chi connectivity index (χ4v) is 1.80. The summed E-state index contributed by atoms with van der Waals surface area (Å²) in [7, 11) is 0. The lowest BCUT2D eigenvalue weighted by atomic mass is 10.1. The zero-order valence-electron chi connectivity index (χ0n) is 9.04. The second-order valence-electron chi connectivity index (χ2n) is 5.09. The lowest BCUT2D eigenvalue weighted by Crippen LogP contribution is -2.42. The maximum atomic E-state index is 11.7. The number of amides is 1. The standard InChI is InChI=1S/C10H18N2O2/c1-10(2,3)14-9(13)12-5-4-7-8(6-12)11-7/h7-8,11H,4-6H2,1-3H3/t7?,8-/m1/s1. The normalized spacial score (nSPS) is 30.9. The van der Waals surface area contributed by atoms with Crippen LogP contribution in [0.2, 0.25) is 0 Å². The Hall–Kier alpha value is -0.770. The van der Waals surface area contributed by atoms with E-state index >= 15 is 0 Å². The molecule has 1 N–H and O–H groups in total. The van der Waals surface area contributed by atoms with E-state index in [1.165, 1.54) is 0 Å². The van der Waals surface area contributed by atoms with Crippen LogP contribution in [-0.2, 0) is 4.74 Å². The van der Waals surface area contributed by atoms with Crippen molar-refractivity contribution in [1.82, 2.24) is 10.2 Å². The van der Waals surface area contributed by atoms with Crippen LogP contribution >= 0.6 is 0 Å². The highest BCUT2D eigenvalue weighted by atomic mass is 16.6. The Kier molecular flexibility index (Phi) is 2.18. The van der Waals surface area contributed by atoms with Gasteiger partial charge in [0.05, 0.1) is 0 Å². The number of hydrogen-bond acceptors (Lipinski definition) is 3. The Balaban J connectivity index is 1.85. The van der Waals surface area contributed by atoms with E-state index in [0.717, 1.165) is 19.5 Å². The van der Waals surface area contributed by atoms with Gasteiger partial charge in [0.2, 0.25) is 0 Å². The topological polar surface area (TPSA) is 51.5 Å². The highest BCUT2D eigenvalue weighted by Gasteiger charge is 2.42. The average Bonchev–Trinajstić information content (AvgIpc) is 2.77. The molecule has 1 amide bonds. The summed E-state index contributed by atoms with van der Waals surface area (Å²) >= 11 is 0. The molecule has 14 heavy (non-hydrogen) atoms. The van der Waals surface area contributed by atoms with Gasteiger partial charge in [-0.05, 0) is 27.2 Å². The van der Waals surface area contributed by atoms with E-state index in [0.29, 0.717) is 12.1 Å². The predicted octanol–water partition coefficient (Wildman–Crippen LogP) is 0.968. The first-order valence-electron chi connectivity index (χ1n) is 5.20. The average molecular weight is 198 g/mol. The first kappa shape index (κ1) is 9.77. The van der Waals surface area contributed by atoms with E-state index in [-0.39, 0.29) is 11.7 Å². The summed E-state index contributed by atoms with van der Waals surface area (Å²) in [6.45, 7) is 7.32. The second-order valence-corrected chi connectivity index (χ2v) is 5.09. The highest BCUT2D eigenvalue weighted by Crippen LogP contribution is 2.23. The molecule has 0 spiro atoms. The third-order valence-corrected chi connectivity index (χ3v) is 2.58. The van der Waals surface area contributed by atoms with Crippen molar-refractivity contribution in [3.63, 3.8) is 0 Å². The summed E-state index contributed by atoms with van der Waals surface area (Å²) in [6, 6.07) is 1.19. The first-order valence-corrected chi connectivity index (χ1v) is 5.20. The van der Waals surface area contributed by atoms with Gasteiger partial charge in [0.15, 0.2) is 0 Å². The number of rotatable bonds is 0. The molecule has 0 radical (unpaired) electrons. The third kappa shape index (κ3) is 2.18. The molecule has 2 aliphatic rings. The van der Waals surface area contributed by atoms with E-state index in [4.69, 9.17) is 4.74 Å². The van der Waals surface area contributed by atoms with Crippen molar-refractivity contribution in [1.29, 1.82) is 0 Å². The van der Waals surface area contributed by atoms with Crippen LogP contribution in [0.1, 0.15) is 27.2 Å². The van der Waals surface area contributed by atoms with Crippen molar-refractivity contribution in [3.8, 4) is 0 Å². The largest absolute Gasteiger partial charge is 0.444 e. The number of nitrogens with zero attached hydrogens (tertiary/aromatic N) is 1. The van der Waals surface area contributed by atoms with Gasteiger partial charge in [0.1, 0.15) is 5.60 Å². The molecule has 2 rings (SSSR count). The number of hydrogen-bond donors (Lipinski definition) is 1. The molecule has 0 aliphatic carbocycles. The predicted molar refractivity (Wildman–Crippen MR) is 53.1 cm³/mol. The van der Waals surface area contributed by atoms with Crippen molar-refractivity contribution >= 4 is 6.09 Å². The van der Waals surface area contributed by atoms with Gasteiger partial charge in [0.25, 0.3) is 0 Å². The van der Waals surface area contributed by atoms with Gasteiger partial charge < -0.3 is 15.0 Å². The monoisotopic (exact) mass is 198 g/mol. The number of carbonyl (C=O) groups excluding carboxylic acids is 1. The van der Waals surface area contributed by atoms with E-state index in [1.807, 2.05) is 20.8 Å². The zero-order valence-corrected chi connectivity index (χ0v) is 9.04. The van der Waals surface area contributed by atoms with Crippen LogP contribution in [0.3, 0.4) is 0 Å². The smallest absolute Gasteiger partial charge is 0.410 e. The molecule has 0 aromatic carbocycles. The van der Waals surface area contributed by atoms with Gasteiger partial charge in [0, 0.05) is 25.2 Å². The Morgan fingerprint density at radius 1 is 1.43 bits per heavy atom. The summed E-state index contributed by atoms with van der Waals surface area (Å²) in [4.78, 5) is 13.5. The molecule has 2 fully saturated rings. The lowest BCUT2D eigenvalue weighted by Gasteiger charge is -2.28. The van der Waals surface area contributed by atoms with Crippen LogP contribution in [0, 0.1) is 0 Å². The summed E-state index contributed by atoms with van der Waals surface area (Å²) in [6.07, 6.45) is 0.883. The minimum atomic E-state index is -0.384. The minimum Gasteiger partial charge on any atom is -0.444 e. The van der Waals surface area contributed by atoms with Gasteiger partial charge in [-0.1, -0.05) is 0 Å². The molecule has 2 saturated heterocycles. The van der Waals surface area contributed by atoms with Gasteiger partial charge >= 0.3 is 6.09 Å². The minimum absolute atomic E-state index is 0.176. The van der Waals surface area contributed by atoms with Crippen LogP contribution in [0.15, 0.2) is 0 Å². The molecular formula is C10H18N2O2. The van der Waals surface area contributed by atoms with Gasteiger partial charge in [-0.2, -0.15) is 0 Å². The number of ether oxygens (including phenoxy) is 1. The van der Waals surface area contributed by atoms with Crippen molar-refractivity contribution < 1.29 is 9.53 Å². The van der Waals surface area contributed by atoms with Crippen molar-refractivity contribution in [2.75, 3.05) is 13.1 Å². The molecule has 1 unspecified atom stereocenters. The Morgan fingerprint density at radius 2 is 2.14 bits per heavy atom. The molecule has 4 heteroatoms. The van der Waals surface area contributed by atoms with E-state index in [2.05, 4.69) is 5.32 Å². The molecule has 0 bridgehead atoms. The van der Waals surface area contributed by atoms with Crippen molar-refractivity contribution in [3.05, 3.63) is 0 Å². The molecule has 2 aliphatic heterocycles. The maximum absolute atomic E-state index is 11.7. The molecule has 4 nitrogen and oxygen atoms in total. The lowest BCUT2D eigenvalue weighted by molar-refractivity contribution is 0.0232. The fraction of sp³-hybridized carbons (Fsp3) is 0.900. The van der Waals surface area contributed by atoms with Crippen LogP contribution in [0.4, 0.5) is 4.79 Å². The molecular weight excluding hydrogens is 180 g/mol. The number of piperidine rings is 1. The molecule has 0 saturated carbocycles. The Bertz CT molecular complexity index is 247. The van der Waals surface area contributed by atoms with Gasteiger partial charge in [-0.15, -0.1) is 0 Å². The Morgan fingerprint density at radius 3 is 2.71 bits per heavy atom. The van der Waals surface area contributed by atoms with Crippen LogP contribution in [-0.4, -0.2) is 41.8 Å². The molecule has 0 aromatic heterocycles. The summed E-state index contributed by atoms with van der Waals surface area (Å²) in [5.74, 6) is 0. The second kappa shape index (κ2) is 3.12. The van der Waals surface area contributed by atoms with Crippen LogP contribution in [0.5, 0.6) is 0 Å². The molecule has 2 heterocycles. The third-order valence-electron chi connectivity index (χ3n) is 2.58. The maximum Gasteiger partial charge on any atom is 0.410 e. The van der Waals surface area contributed by atoms with E-state index in [1.54, 1.807) is 4.90 Å². The molecule has 0 aromatic rings. The van der Waals surface area contributed by atoms with Crippen LogP contribution in [0.25, 0.3) is 0 Å². The fourth-order valence-electron chi connectivity index (χ4n) is 1.80. The highest BCUT2D eigenvalue weighted by molar-refractivity contribution is 5.68. The zero-order chi connectivity index (χ0) is 10.3. The number of nitrogens with one attached hydrogen (secondary N) is 1. The van der Waals surface area contributed by atoms with Crippen molar-refractivity contribution in [2.45, 2.75) is 44.9 Å². The molecule has 80 valence electrons. The number of likely N-dealkylation sites (tertiary alicyclic amines) is 1. The first-order chi connectivity index (χ1) is 6.46. The van der Waals surface area contributed by atoms with E-state index in [9.17, 15) is 4.79 Å². The number of fused-ring (bicyclic) bond motifs is 1. The number of carbonyl (C=O) groups is 1. The van der Waals surface area contributed by atoms with E-state index < -0.39 is 0 Å². The quantitative estimate of drug-likeness (QED) is 0.590. The van der Waals surface area contributed by atoms with Crippen molar-refractivity contribution in [2.24, 2.45) is 0 Å². The summed E-state index contributed by atoms with van der Waals surface area (Å²) in [5.41, 5.74) is -0.384. The Labute approximate surface area is 84.6 Å².